The zero-order valence-electron chi connectivity index (χ0n) is 15.5. The molecule has 9 nitrogen and oxygen atoms in total. The maximum Gasteiger partial charge on any atom is 0.132 e. The molecular weight excluding hydrogens is 356 g/mol. The number of fused-ring (bicyclic) bond motifs is 1. The molecule has 28 heavy (non-hydrogen) atoms. The first-order valence-electron chi connectivity index (χ1n) is 9.11. The first-order chi connectivity index (χ1) is 13.7. The van der Waals surface area contributed by atoms with Gasteiger partial charge in [0.2, 0.25) is 0 Å². The third-order valence-electron chi connectivity index (χ3n) is 4.97. The first-order valence-corrected chi connectivity index (χ1v) is 9.11. The van der Waals surface area contributed by atoms with E-state index in [1.54, 1.807) is 11.0 Å². The van der Waals surface area contributed by atoms with Gasteiger partial charge < -0.3 is 15.5 Å². The molecule has 0 spiro atoms. The summed E-state index contributed by atoms with van der Waals surface area (Å²) in [6.07, 6.45) is 5.40. The predicted octanol–water partition coefficient (Wildman–Crippen LogP) is 1.44. The molecule has 0 amide bonds. The summed E-state index contributed by atoms with van der Waals surface area (Å²) < 4.78 is 7.21. The van der Waals surface area contributed by atoms with Gasteiger partial charge in [-0.15, -0.1) is 5.10 Å². The molecule has 0 atom stereocenters. The molecule has 0 radical (unpaired) electrons. The van der Waals surface area contributed by atoms with E-state index in [0.29, 0.717) is 13.2 Å². The van der Waals surface area contributed by atoms with Gasteiger partial charge in [0.05, 0.1) is 30.6 Å². The second-order valence-electron chi connectivity index (χ2n) is 6.79. The minimum absolute atomic E-state index is 0.703. The lowest BCUT2D eigenvalue weighted by molar-refractivity contribution is 0.122. The van der Waals surface area contributed by atoms with Crippen molar-refractivity contribution in [3.63, 3.8) is 0 Å². The van der Waals surface area contributed by atoms with Crippen molar-refractivity contribution in [2.75, 3.05) is 37.0 Å². The van der Waals surface area contributed by atoms with Gasteiger partial charge in [-0.3, -0.25) is 4.68 Å². The van der Waals surface area contributed by atoms with Gasteiger partial charge in [0.1, 0.15) is 17.8 Å². The number of nitrogen functional groups attached to an aromatic ring is 1. The summed E-state index contributed by atoms with van der Waals surface area (Å²) in [6, 6.07) is 8.03. The summed E-state index contributed by atoms with van der Waals surface area (Å²) in [7, 11) is 1.90. The summed E-state index contributed by atoms with van der Waals surface area (Å²) in [5.41, 5.74) is 4.41. The molecule has 0 unspecified atom stereocenters. The number of benzene rings is 1. The summed E-state index contributed by atoms with van der Waals surface area (Å²) >= 11 is 0. The normalized spacial score (nSPS) is 14.7. The van der Waals surface area contributed by atoms with Crippen LogP contribution in [0.2, 0.25) is 0 Å². The van der Waals surface area contributed by atoms with Gasteiger partial charge in [-0.2, -0.15) is 9.89 Å². The van der Waals surface area contributed by atoms with Crippen LogP contribution in [0.25, 0.3) is 33.4 Å². The molecule has 1 fully saturated rings. The third-order valence-corrected chi connectivity index (χ3v) is 4.97. The number of hydrogen-bond acceptors (Lipinski definition) is 7. The fraction of sp³-hybridized carbons (Fsp3) is 0.263. The van der Waals surface area contributed by atoms with Crippen LogP contribution < -0.4 is 10.7 Å². The van der Waals surface area contributed by atoms with Gasteiger partial charge in [0.25, 0.3) is 0 Å². The summed E-state index contributed by atoms with van der Waals surface area (Å²) in [5.74, 6) is 6.98. The number of hydrogen-bond donors (Lipinski definition) is 1. The zero-order chi connectivity index (χ0) is 19.1. The van der Waals surface area contributed by atoms with Crippen LogP contribution in [0.15, 0.2) is 43.0 Å². The van der Waals surface area contributed by atoms with Crippen LogP contribution in [0.4, 0.5) is 5.82 Å². The Bertz CT molecular complexity index is 1140. The van der Waals surface area contributed by atoms with Crippen LogP contribution in [0.3, 0.4) is 0 Å². The number of morpholine rings is 1. The largest absolute Gasteiger partial charge is 0.378 e. The molecule has 142 valence electrons. The molecule has 5 rings (SSSR count). The molecule has 0 aliphatic carbocycles. The minimum atomic E-state index is 0.703. The van der Waals surface area contributed by atoms with Crippen molar-refractivity contribution in [2.24, 2.45) is 7.05 Å². The topological polar surface area (TPSA) is 99.9 Å². The van der Waals surface area contributed by atoms with Gasteiger partial charge in [0, 0.05) is 43.4 Å². The molecule has 1 aliphatic heterocycles. The van der Waals surface area contributed by atoms with Gasteiger partial charge in [-0.05, 0) is 17.7 Å². The van der Waals surface area contributed by atoms with Crippen LogP contribution in [-0.4, -0.2) is 55.9 Å². The molecule has 1 saturated heterocycles. The van der Waals surface area contributed by atoms with E-state index in [4.69, 9.17) is 10.6 Å². The number of nitrogens with two attached hydrogens (primary N) is 1. The van der Waals surface area contributed by atoms with Crippen molar-refractivity contribution in [1.29, 1.82) is 0 Å². The van der Waals surface area contributed by atoms with Gasteiger partial charge in [-0.1, -0.05) is 6.07 Å². The van der Waals surface area contributed by atoms with E-state index in [0.717, 1.165) is 52.3 Å². The van der Waals surface area contributed by atoms with Crippen molar-refractivity contribution in [3.8, 4) is 22.5 Å². The number of ether oxygens (including phenoxy) is 1. The first kappa shape index (κ1) is 16.7. The lowest BCUT2D eigenvalue weighted by Gasteiger charge is -2.27. The molecule has 3 aromatic heterocycles. The minimum Gasteiger partial charge on any atom is -0.378 e. The number of aromatic nitrogens is 6. The second-order valence-corrected chi connectivity index (χ2v) is 6.79. The van der Waals surface area contributed by atoms with Crippen LogP contribution in [0.5, 0.6) is 0 Å². The Morgan fingerprint density at radius 3 is 2.71 bits per heavy atom. The van der Waals surface area contributed by atoms with Crippen molar-refractivity contribution >= 4 is 16.7 Å². The Balaban J connectivity index is 1.60. The van der Waals surface area contributed by atoms with Crippen molar-refractivity contribution in [1.82, 2.24) is 29.6 Å². The summed E-state index contributed by atoms with van der Waals surface area (Å²) in [5, 5.41) is 9.72. The molecule has 9 heteroatoms. The van der Waals surface area contributed by atoms with Gasteiger partial charge >= 0.3 is 0 Å². The quantitative estimate of drug-likeness (QED) is 0.540. The number of rotatable bonds is 3. The van der Waals surface area contributed by atoms with Crippen LogP contribution >= 0.6 is 0 Å². The molecule has 0 bridgehead atoms. The predicted molar refractivity (Wildman–Crippen MR) is 106 cm³/mol. The average Bonchev–Trinajstić information content (AvgIpc) is 3.32. The molecule has 1 aliphatic rings. The van der Waals surface area contributed by atoms with E-state index in [9.17, 15) is 0 Å². The number of aryl methyl sites for hydroxylation is 1. The second kappa shape index (κ2) is 6.61. The van der Waals surface area contributed by atoms with Crippen LogP contribution in [-0.2, 0) is 11.8 Å². The average molecular weight is 376 g/mol. The lowest BCUT2D eigenvalue weighted by Crippen LogP contribution is -2.36. The fourth-order valence-electron chi connectivity index (χ4n) is 3.52. The maximum absolute atomic E-state index is 6.11. The van der Waals surface area contributed by atoms with Crippen molar-refractivity contribution in [3.05, 3.63) is 43.0 Å². The van der Waals surface area contributed by atoms with E-state index in [1.807, 2.05) is 37.6 Å². The fourth-order valence-corrected chi connectivity index (χ4v) is 3.52. The molecule has 1 aromatic carbocycles. The van der Waals surface area contributed by atoms with Gasteiger partial charge in [0.15, 0.2) is 0 Å². The molecule has 4 heterocycles. The van der Waals surface area contributed by atoms with Crippen LogP contribution in [0.1, 0.15) is 0 Å². The standard InChI is InChI=1S/C19H20N8O/c1-25-11-14(10-23-25)13-2-3-17-15(8-13)19(24-27(17)20)16-9-18(22-12-21-16)26-4-6-28-7-5-26/h2-3,8-12H,4-7,20H2,1H3. The smallest absolute Gasteiger partial charge is 0.132 e. The molecule has 2 N–H and O–H groups in total. The van der Waals surface area contributed by atoms with Crippen molar-refractivity contribution < 1.29 is 4.74 Å². The summed E-state index contributed by atoms with van der Waals surface area (Å²) in [4.78, 5) is 12.5. The SMILES string of the molecule is Cn1cc(-c2ccc3c(c2)c(-c2cc(N4CCOCC4)ncn2)nn3N)cn1. The number of anilines is 1. The van der Waals surface area contributed by atoms with E-state index in [-0.39, 0.29) is 0 Å². The Morgan fingerprint density at radius 2 is 1.93 bits per heavy atom. The monoisotopic (exact) mass is 376 g/mol. The highest BCUT2D eigenvalue weighted by Crippen LogP contribution is 2.31. The lowest BCUT2D eigenvalue weighted by atomic mass is 10.1. The van der Waals surface area contributed by atoms with E-state index < -0.39 is 0 Å². The third kappa shape index (κ3) is 2.85. The molecule has 4 aromatic rings. The molecular formula is C19H20N8O. The highest BCUT2D eigenvalue weighted by Gasteiger charge is 2.17. The highest BCUT2D eigenvalue weighted by atomic mass is 16.5. The van der Waals surface area contributed by atoms with E-state index in [2.05, 4.69) is 31.1 Å². The summed E-state index contributed by atoms with van der Waals surface area (Å²) in [6.45, 7) is 3.03. The highest BCUT2D eigenvalue weighted by molar-refractivity contribution is 5.95. The maximum atomic E-state index is 6.11. The number of nitrogens with zero attached hydrogens (tertiary/aromatic N) is 7. The van der Waals surface area contributed by atoms with Crippen LogP contribution in [0, 0.1) is 0 Å². The van der Waals surface area contributed by atoms with E-state index in [1.165, 1.54) is 4.79 Å². The van der Waals surface area contributed by atoms with E-state index >= 15 is 0 Å². The zero-order valence-corrected chi connectivity index (χ0v) is 15.5. The Hall–Kier alpha value is -3.46. The van der Waals surface area contributed by atoms with Crippen molar-refractivity contribution in [2.45, 2.75) is 0 Å². The molecule has 0 saturated carbocycles. The Kier molecular flexibility index (Phi) is 3.94. The Labute approximate surface area is 161 Å². The Morgan fingerprint density at radius 1 is 1.07 bits per heavy atom. The van der Waals surface area contributed by atoms with Gasteiger partial charge in [-0.25, -0.2) is 9.97 Å².